The van der Waals surface area contributed by atoms with Crippen LogP contribution < -0.4 is 0 Å². The highest BCUT2D eigenvalue weighted by Crippen LogP contribution is 2.37. The normalized spacial score (nSPS) is 21.1. The van der Waals surface area contributed by atoms with Gasteiger partial charge >= 0.3 is 5.97 Å². The maximum absolute atomic E-state index is 11.5. The zero-order chi connectivity index (χ0) is 16.5. The summed E-state index contributed by atoms with van der Waals surface area (Å²) in [6.07, 6.45) is 13.8. The van der Waals surface area contributed by atoms with Crippen molar-refractivity contribution < 1.29 is 9.53 Å². The molecule has 2 rings (SSSR count). The molecular formula is C21H32O2. The van der Waals surface area contributed by atoms with Gasteiger partial charge in [0.1, 0.15) is 0 Å². The Morgan fingerprint density at radius 2 is 1.65 bits per heavy atom. The summed E-state index contributed by atoms with van der Waals surface area (Å²) in [5.41, 5.74) is 2.04. The molecule has 0 saturated heterocycles. The molecule has 0 unspecified atom stereocenters. The number of hydrogen-bond acceptors (Lipinski definition) is 2. The Kier molecular flexibility index (Phi) is 7.64. The summed E-state index contributed by atoms with van der Waals surface area (Å²) in [5, 5.41) is 0. The van der Waals surface area contributed by atoms with Crippen LogP contribution in [0, 0.1) is 5.92 Å². The van der Waals surface area contributed by atoms with E-state index in [4.69, 9.17) is 4.74 Å². The fraction of sp³-hybridized carbons (Fsp3) is 0.667. The summed E-state index contributed by atoms with van der Waals surface area (Å²) in [7, 11) is 1.43. The maximum atomic E-state index is 11.5. The summed E-state index contributed by atoms with van der Waals surface area (Å²) < 4.78 is 4.76. The Labute approximate surface area is 141 Å². The van der Waals surface area contributed by atoms with Gasteiger partial charge in [0, 0.05) is 0 Å². The predicted octanol–water partition coefficient (Wildman–Crippen LogP) is 6.11. The van der Waals surface area contributed by atoms with Gasteiger partial charge in [0.05, 0.1) is 12.7 Å². The van der Waals surface area contributed by atoms with Crippen molar-refractivity contribution in [3.63, 3.8) is 0 Å². The lowest BCUT2D eigenvalue weighted by molar-refractivity contribution is 0.0600. The lowest BCUT2D eigenvalue weighted by atomic mass is 9.77. The fourth-order valence-electron chi connectivity index (χ4n) is 3.83. The molecule has 0 aliphatic heterocycles. The zero-order valence-corrected chi connectivity index (χ0v) is 14.9. The minimum atomic E-state index is -0.247. The predicted molar refractivity (Wildman–Crippen MR) is 95.9 cm³/mol. The third-order valence-corrected chi connectivity index (χ3v) is 5.37. The Bertz CT molecular complexity index is 455. The number of methoxy groups -OCH3 is 1. The molecule has 0 bridgehead atoms. The number of hydrogen-bond donors (Lipinski definition) is 0. The zero-order valence-electron chi connectivity index (χ0n) is 14.9. The van der Waals surface area contributed by atoms with Crippen LogP contribution in [-0.4, -0.2) is 13.1 Å². The molecule has 128 valence electrons. The summed E-state index contributed by atoms with van der Waals surface area (Å²) in [6.45, 7) is 2.28. The molecule has 23 heavy (non-hydrogen) atoms. The summed E-state index contributed by atoms with van der Waals surface area (Å²) >= 11 is 0. The van der Waals surface area contributed by atoms with Crippen molar-refractivity contribution in [3.05, 3.63) is 35.4 Å². The first kappa shape index (κ1) is 18.0. The van der Waals surface area contributed by atoms with E-state index in [1.165, 1.54) is 76.9 Å². The molecule has 1 fully saturated rings. The van der Waals surface area contributed by atoms with Crippen LogP contribution in [0.4, 0.5) is 0 Å². The van der Waals surface area contributed by atoms with Gasteiger partial charge in [-0.15, -0.1) is 0 Å². The van der Waals surface area contributed by atoms with Crippen molar-refractivity contribution in [3.8, 4) is 0 Å². The highest BCUT2D eigenvalue weighted by atomic mass is 16.5. The van der Waals surface area contributed by atoms with E-state index >= 15 is 0 Å². The third-order valence-electron chi connectivity index (χ3n) is 5.37. The number of ether oxygens (including phenoxy) is 1. The quantitative estimate of drug-likeness (QED) is 0.427. The molecule has 1 aliphatic rings. The first-order valence-electron chi connectivity index (χ1n) is 9.42. The topological polar surface area (TPSA) is 26.3 Å². The van der Waals surface area contributed by atoms with Gasteiger partial charge in [-0.05, 0) is 55.2 Å². The lowest BCUT2D eigenvalue weighted by Crippen LogP contribution is -2.13. The van der Waals surface area contributed by atoms with Gasteiger partial charge in [0.2, 0.25) is 0 Å². The molecule has 0 heterocycles. The SMILES string of the molecule is CCCCCCCC1CCC(c2ccc(C(=O)OC)cc2)CC1. The summed E-state index contributed by atoms with van der Waals surface area (Å²) in [4.78, 5) is 11.5. The van der Waals surface area contributed by atoms with Crippen molar-refractivity contribution in [2.24, 2.45) is 5.92 Å². The highest BCUT2D eigenvalue weighted by Gasteiger charge is 2.22. The van der Waals surface area contributed by atoms with Crippen LogP contribution in [0.25, 0.3) is 0 Å². The largest absolute Gasteiger partial charge is 0.465 e. The van der Waals surface area contributed by atoms with Crippen molar-refractivity contribution >= 4 is 5.97 Å². The van der Waals surface area contributed by atoms with Crippen LogP contribution in [0.1, 0.15) is 93.0 Å². The first-order chi connectivity index (χ1) is 11.2. The van der Waals surface area contributed by atoms with E-state index in [1.807, 2.05) is 12.1 Å². The van der Waals surface area contributed by atoms with Crippen LogP contribution in [-0.2, 0) is 4.74 Å². The fourth-order valence-corrected chi connectivity index (χ4v) is 3.83. The van der Waals surface area contributed by atoms with Gasteiger partial charge < -0.3 is 4.74 Å². The second-order valence-corrected chi connectivity index (χ2v) is 7.03. The number of carbonyl (C=O) groups is 1. The van der Waals surface area contributed by atoms with Gasteiger partial charge in [-0.25, -0.2) is 4.79 Å². The first-order valence-corrected chi connectivity index (χ1v) is 9.42. The van der Waals surface area contributed by atoms with Gasteiger partial charge in [-0.3, -0.25) is 0 Å². The maximum Gasteiger partial charge on any atom is 0.337 e. The molecule has 0 atom stereocenters. The van der Waals surface area contributed by atoms with Crippen molar-refractivity contribution in [1.82, 2.24) is 0 Å². The Hall–Kier alpha value is -1.31. The third kappa shape index (κ3) is 5.67. The molecule has 2 heteroatoms. The smallest absolute Gasteiger partial charge is 0.337 e. The van der Waals surface area contributed by atoms with E-state index < -0.39 is 0 Å². The standard InChI is InChI=1S/C21H32O2/c1-3-4-5-6-7-8-17-9-11-18(12-10-17)19-13-15-20(16-14-19)21(22)23-2/h13-18H,3-12H2,1-2H3. The summed E-state index contributed by atoms with van der Waals surface area (Å²) in [6, 6.07) is 8.03. The molecule has 0 amide bonds. The van der Waals surface area contributed by atoms with Gasteiger partial charge in [-0.1, -0.05) is 57.6 Å². The van der Waals surface area contributed by atoms with Gasteiger partial charge in [-0.2, -0.15) is 0 Å². The van der Waals surface area contributed by atoms with Crippen LogP contribution >= 0.6 is 0 Å². The average Bonchev–Trinajstić information content (AvgIpc) is 2.61. The van der Waals surface area contributed by atoms with Crippen LogP contribution in [0.3, 0.4) is 0 Å². The molecule has 2 nitrogen and oxygen atoms in total. The number of rotatable bonds is 8. The van der Waals surface area contributed by atoms with Crippen molar-refractivity contribution in [1.29, 1.82) is 0 Å². The Morgan fingerprint density at radius 3 is 2.26 bits per heavy atom. The van der Waals surface area contributed by atoms with E-state index in [1.54, 1.807) is 0 Å². The monoisotopic (exact) mass is 316 g/mol. The molecule has 0 radical (unpaired) electrons. The van der Waals surface area contributed by atoms with Crippen LogP contribution in [0.15, 0.2) is 24.3 Å². The van der Waals surface area contributed by atoms with Crippen LogP contribution in [0.5, 0.6) is 0 Å². The van der Waals surface area contributed by atoms with E-state index in [2.05, 4.69) is 19.1 Å². The molecule has 0 spiro atoms. The van der Waals surface area contributed by atoms with Gasteiger partial charge in [0.25, 0.3) is 0 Å². The minimum absolute atomic E-state index is 0.247. The highest BCUT2D eigenvalue weighted by molar-refractivity contribution is 5.89. The molecule has 1 aliphatic carbocycles. The van der Waals surface area contributed by atoms with E-state index in [9.17, 15) is 4.79 Å². The second-order valence-electron chi connectivity index (χ2n) is 7.03. The lowest BCUT2D eigenvalue weighted by Gasteiger charge is -2.29. The molecule has 1 saturated carbocycles. The van der Waals surface area contributed by atoms with Crippen LogP contribution in [0.2, 0.25) is 0 Å². The Balaban J connectivity index is 1.72. The molecule has 0 aromatic heterocycles. The molecular weight excluding hydrogens is 284 g/mol. The van der Waals surface area contributed by atoms with Gasteiger partial charge in [0.15, 0.2) is 0 Å². The number of esters is 1. The number of carbonyl (C=O) groups excluding carboxylic acids is 1. The van der Waals surface area contributed by atoms with Crippen molar-refractivity contribution in [2.75, 3.05) is 7.11 Å². The summed E-state index contributed by atoms with van der Waals surface area (Å²) in [5.74, 6) is 1.38. The Morgan fingerprint density at radius 1 is 1.00 bits per heavy atom. The molecule has 1 aromatic rings. The number of benzene rings is 1. The minimum Gasteiger partial charge on any atom is -0.465 e. The molecule has 1 aromatic carbocycles. The number of unbranched alkanes of at least 4 members (excludes halogenated alkanes) is 4. The average molecular weight is 316 g/mol. The van der Waals surface area contributed by atoms with E-state index in [-0.39, 0.29) is 5.97 Å². The second kappa shape index (κ2) is 9.75. The van der Waals surface area contributed by atoms with E-state index in [0.717, 1.165) is 5.92 Å². The van der Waals surface area contributed by atoms with E-state index in [0.29, 0.717) is 11.5 Å². The molecule has 0 N–H and O–H groups in total. The van der Waals surface area contributed by atoms with Crippen molar-refractivity contribution in [2.45, 2.75) is 77.0 Å².